The van der Waals surface area contributed by atoms with Crippen LogP contribution in [0, 0.1) is 5.92 Å². The summed E-state index contributed by atoms with van der Waals surface area (Å²) in [4.78, 5) is 0. The summed E-state index contributed by atoms with van der Waals surface area (Å²) in [5, 5.41) is 4.78. The van der Waals surface area contributed by atoms with Gasteiger partial charge >= 0.3 is 0 Å². The van der Waals surface area contributed by atoms with Crippen molar-refractivity contribution in [2.24, 2.45) is 5.92 Å². The number of nitrogens with two attached hydrogens (primary N) is 1. The van der Waals surface area contributed by atoms with Crippen molar-refractivity contribution in [3.63, 3.8) is 0 Å². The lowest BCUT2D eigenvalue weighted by molar-refractivity contribution is 0.495. The largest absolute Gasteiger partial charge is 0.383 e. The van der Waals surface area contributed by atoms with E-state index in [9.17, 15) is 0 Å². The SMILES string of the molecule is CCC(C)C(C)Nc1snc(N)c1C1CC1. The Morgan fingerprint density at radius 2 is 2.19 bits per heavy atom. The molecule has 2 atom stereocenters. The number of nitrogens with zero attached hydrogens (tertiary/aromatic N) is 1. The van der Waals surface area contributed by atoms with Gasteiger partial charge in [0.25, 0.3) is 0 Å². The molecule has 2 rings (SSSR count). The highest BCUT2D eigenvalue weighted by molar-refractivity contribution is 7.10. The van der Waals surface area contributed by atoms with Gasteiger partial charge in [-0.25, -0.2) is 0 Å². The van der Waals surface area contributed by atoms with Gasteiger partial charge in [0.15, 0.2) is 0 Å². The molecule has 0 amide bonds. The van der Waals surface area contributed by atoms with Gasteiger partial charge in [-0.3, -0.25) is 0 Å². The van der Waals surface area contributed by atoms with Crippen molar-refractivity contribution >= 4 is 22.4 Å². The molecule has 16 heavy (non-hydrogen) atoms. The van der Waals surface area contributed by atoms with Gasteiger partial charge in [0, 0.05) is 11.6 Å². The third kappa shape index (κ3) is 2.32. The molecular weight excluding hydrogens is 218 g/mol. The fourth-order valence-corrected chi connectivity index (χ4v) is 2.78. The number of anilines is 2. The molecule has 3 nitrogen and oxygen atoms in total. The maximum atomic E-state index is 5.93. The van der Waals surface area contributed by atoms with Crippen LogP contribution < -0.4 is 11.1 Å². The predicted octanol–water partition coefficient (Wildman–Crippen LogP) is 3.45. The summed E-state index contributed by atoms with van der Waals surface area (Å²) in [6.07, 6.45) is 3.74. The molecule has 0 bridgehead atoms. The molecule has 1 saturated carbocycles. The van der Waals surface area contributed by atoms with Gasteiger partial charge in [-0.05, 0) is 43.1 Å². The first-order valence-corrected chi connectivity index (χ1v) is 6.92. The predicted molar refractivity (Wildman–Crippen MR) is 71.0 cm³/mol. The van der Waals surface area contributed by atoms with Crippen LogP contribution in [0.4, 0.5) is 10.8 Å². The highest BCUT2D eigenvalue weighted by atomic mass is 32.1. The van der Waals surface area contributed by atoms with Crippen LogP contribution in [0.1, 0.15) is 51.5 Å². The second-order valence-electron chi connectivity index (χ2n) is 4.90. The van der Waals surface area contributed by atoms with Crippen LogP contribution in [-0.2, 0) is 0 Å². The molecule has 1 fully saturated rings. The second kappa shape index (κ2) is 4.62. The number of nitrogens with one attached hydrogen (secondary N) is 1. The smallest absolute Gasteiger partial charge is 0.142 e. The number of aromatic nitrogens is 1. The minimum Gasteiger partial charge on any atom is -0.383 e. The van der Waals surface area contributed by atoms with E-state index in [-0.39, 0.29) is 0 Å². The van der Waals surface area contributed by atoms with Crippen molar-refractivity contribution in [3.05, 3.63) is 5.56 Å². The fourth-order valence-electron chi connectivity index (χ4n) is 1.88. The summed E-state index contributed by atoms with van der Waals surface area (Å²) in [6.45, 7) is 6.74. The van der Waals surface area contributed by atoms with Gasteiger partial charge in [-0.2, -0.15) is 4.37 Å². The highest BCUT2D eigenvalue weighted by Crippen LogP contribution is 2.47. The molecule has 0 spiro atoms. The van der Waals surface area contributed by atoms with Crippen LogP contribution in [0.5, 0.6) is 0 Å². The molecule has 0 radical (unpaired) electrons. The van der Waals surface area contributed by atoms with Crippen LogP contribution in [0.2, 0.25) is 0 Å². The average molecular weight is 239 g/mol. The van der Waals surface area contributed by atoms with Crippen LogP contribution in [-0.4, -0.2) is 10.4 Å². The van der Waals surface area contributed by atoms with E-state index < -0.39 is 0 Å². The van der Waals surface area contributed by atoms with Crippen molar-refractivity contribution in [3.8, 4) is 0 Å². The molecule has 1 aromatic heterocycles. The molecule has 1 aliphatic carbocycles. The lowest BCUT2D eigenvalue weighted by Crippen LogP contribution is -2.23. The average Bonchev–Trinajstić information content (AvgIpc) is 3.04. The third-order valence-corrected chi connectivity index (χ3v) is 4.41. The first kappa shape index (κ1) is 11.7. The molecule has 4 heteroatoms. The summed E-state index contributed by atoms with van der Waals surface area (Å²) in [5.41, 5.74) is 7.20. The van der Waals surface area contributed by atoms with Crippen molar-refractivity contribution in [1.82, 2.24) is 4.37 Å². The first-order chi connectivity index (χ1) is 7.63. The van der Waals surface area contributed by atoms with Gasteiger partial charge in [0.1, 0.15) is 10.8 Å². The minimum atomic E-state index is 0.488. The Balaban J connectivity index is 2.09. The summed E-state index contributed by atoms with van der Waals surface area (Å²) in [6, 6.07) is 0.488. The Bertz CT molecular complexity index is 357. The molecular formula is C12H21N3S. The van der Waals surface area contributed by atoms with E-state index in [1.165, 1.54) is 41.4 Å². The van der Waals surface area contributed by atoms with Crippen molar-refractivity contribution in [2.45, 2.75) is 52.0 Å². The van der Waals surface area contributed by atoms with Crippen LogP contribution in [0.25, 0.3) is 0 Å². The van der Waals surface area contributed by atoms with Gasteiger partial charge in [-0.15, -0.1) is 0 Å². The lowest BCUT2D eigenvalue weighted by atomic mass is 10.0. The molecule has 0 aliphatic heterocycles. The zero-order valence-corrected chi connectivity index (χ0v) is 11.1. The van der Waals surface area contributed by atoms with E-state index in [2.05, 4.69) is 30.5 Å². The lowest BCUT2D eigenvalue weighted by Gasteiger charge is -2.20. The maximum Gasteiger partial charge on any atom is 0.142 e. The van der Waals surface area contributed by atoms with Crippen LogP contribution in [0.3, 0.4) is 0 Å². The standard InChI is InChI=1S/C12H21N3S/c1-4-7(2)8(3)14-12-10(9-5-6-9)11(13)15-16-12/h7-9,14H,4-6H2,1-3H3,(H2,13,15). The topological polar surface area (TPSA) is 50.9 Å². The number of nitrogen functional groups attached to an aromatic ring is 1. The van der Waals surface area contributed by atoms with E-state index in [4.69, 9.17) is 5.73 Å². The van der Waals surface area contributed by atoms with Crippen LogP contribution >= 0.6 is 11.5 Å². The molecule has 1 aliphatic rings. The van der Waals surface area contributed by atoms with E-state index in [0.29, 0.717) is 17.9 Å². The van der Waals surface area contributed by atoms with Crippen molar-refractivity contribution in [2.75, 3.05) is 11.1 Å². The molecule has 90 valence electrons. The molecule has 0 aromatic carbocycles. The number of hydrogen-bond acceptors (Lipinski definition) is 4. The Labute approximate surface area is 102 Å². The summed E-state index contributed by atoms with van der Waals surface area (Å²) >= 11 is 1.51. The monoisotopic (exact) mass is 239 g/mol. The highest BCUT2D eigenvalue weighted by Gasteiger charge is 2.31. The van der Waals surface area contributed by atoms with Crippen LogP contribution in [0.15, 0.2) is 0 Å². The number of hydrogen-bond donors (Lipinski definition) is 2. The first-order valence-electron chi connectivity index (χ1n) is 6.15. The summed E-state index contributed by atoms with van der Waals surface area (Å²) < 4.78 is 4.27. The van der Waals surface area contributed by atoms with E-state index in [1.54, 1.807) is 0 Å². The fraction of sp³-hybridized carbons (Fsp3) is 0.750. The molecule has 1 heterocycles. The van der Waals surface area contributed by atoms with E-state index >= 15 is 0 Å². The Hall–Kier alpha value is -0.770. The molecule has 1 aromatic rings. The van der Waals surface area contributed by atoms with Crippen molar-refractivity contribution < 1.29 is 0 Å². The zero-order chi connectivity index (χ0) is 11.7. The number of rotatable bonds is 5. The Morgan fingerprint density at radius 3 is 2.75 bits per heavy atom. The molecule has 3 N–H and O–H groups in total. The maximum absolute atomic E-state index is 5.93. The van der Waals surface area contributed by atoms with Gasteiger partial charge in [0.2, 0.25) is 0 Å². The third-order valence-electron chi connectivity index (χ3n) is 3.60. The Kier molecular flexibility index (Phi) is 3.38. The summed E-state index contributed by atoms with van der Waals surface area (Å²) in [5.74, 6) is 2.09. The van der Waals surface area contributed by atoms with Crippen molar-refractivity contribution in [1.29, 1.82) is 0 Å². The minimum absolute atomic E-state index is 0.488. The normalized spacial score (nSPS) is 19.4. The van der Waals surface area contributed by atoms with Gasteiger partial charge < -0.3 is 11.1 Å². The second-order valence-corrected chi connectivity index (χ2v) is 5.68. The zero-order valence-electron chi connectivity index (χ0n) is 10.3. The molecule has 0 saturated heterocycles. The van der Waals surface area contributed by atoms with Gasteiger partial charge in [0.05, 0.1) is 0 Å². The van der Waals surface area contributed by atoms with E-state index in [0.717, 1.165) is 5.82 Å². The molecule has 2 unspecified atom stereocenters. The van der Waals surface area contributed by atoms with Gasteiger partial charge in [-0.1, -0.05) is 20.3 Å². The quantitative estimate of drug-likeness (QED) is 0.827. The Morgan fingerprint density at radius 1 is 1.50 bits per heavy atom. The summed E-state index contributed by atoms with van der Waals surface area (Å²) in [7, 11) is 0. The van der Waals surface area contributed by atoms with E-state index in [1.807, 2.05) is 0 Å².